The molecule has 2 rings (SSSR count). The fraction of sp³-hybridized carbons (Fsp3) is 0.250. The van der Waals surface area contributed by atoms with Crippen LogP contribution >= 0.6 is 0 Å². The quantitative estimate of drug-likeness (QED) is 0.867. The molecule has 2 aromatic rings. The molecule has 19 heavy (non-hydrogen) atoms. The van der Waals surface area contributed by atoms with E-state index < -0.39 is 5.91 Å². The van der Waals surface area contributed by atoms with E-state index in [1.165, 1.54) is 12.5 Å². The Labute approximate surface area is 109 Å². The van der Waals surface area contributed by atoms with Crippen molar-refractivity contribution in [1.29, 1.82) is 0 Å². The summed E-state index contributed by atoms with van der Waals surface area (Å²) < 4.78 is 10.4. The Bertz CT molecular complexity index is 594. The zero-order chi connectivity index (χ0) is 13.8. The number of hydrogen-bond donors (Lipinski definition) is 2. The number of pyridine rings is 1. The molecule has 3 N–H and O–H groups in total. The van der Waals surface area contributed by atoms with Gasteiger partial charge >= 0.3 is 5.91 Å². The third-order valence-corrected chi connectivity index (χ3v) is 2.25. The van der Waals surface area contributed by atoms with Crippen LogP contribution in [0.3, 0.4) is 0 Å². The van der Waals surface area contributed by atoms with Crippen LogP contribution < -0.4 is 15.8 Å². The molecular weight excluding hydrogens is 248 g/mol. The van der Waals surface area contributed by atoms with E-state index in [1.54, 1.807) is 13.0 Å². The number of ether oxygens (including phenoxy) is 1. The van der Waals surface area contributed by atoms with E-state index in [0.29, 0.717) is 29.6 Å². The summed E-state index contributed by atoms with van der Waals surface area (Å²) in [5.41, 5.74) is 6.61. The highest BCUT2D eigenvalue weighted by molar-refractivity contribution is 6.01. The van der Waals surface area contributed by atoms with Crippen LogP contribution in [0.4, 0.5) is 11.5 Å². The van der Waals surface area contributed by atoms with Gasteiger partial charge in [0.05, 0.1) is 18.5 Å². The Kier molecular flexibility index (Phi) is 3.65. The van der Waals surface area contributed by atoms with Crippen molar-refractivity contribution in [3.63, 3.8) is 0 Å². The lowest BCUT2D eigenvalue weighted by atomic mass is 10.3. The molecule has 0 bridgehead atoms. The Morgan fingerprint density at radius 2 is 2.37 bits per heavy atom. The molecule has 2 aromatic heterocycles. The number of oxazole rings is 1. The molecule has 0 radical (unpaired) electrons. The third-order valence-electron chi connectivity index (χ3n) is 2.25. The van der Waals surface area contributed by atoms with Gasteiger partial charge in [0, 0.05) is 6.07 Å². The predicted molar refractivity (Wildman–Crippen MR) is 69.0 cm³/mol. The van der Waals surface area contributed by atoms with Gasteiger partial charge < -0.3 is 20.2 Å². The topological polar surface area (TPSA) is 103 Å². The van der Waals surface area contributed by atoms with Crippen molar-refractivity contribution in [3.8, 4) is 5.75 Å². The molecule has 0 saturated heterocycles. The minimum absolute atomic E-state index is 0.0169. The molecule has 7 heteroatoms. The molecule has 0 aliphatic heterocycles. The van der Waals surface area contributed by atoms with E-state index in [0.717, 1.165) is 0 Å². The highest BCUT2D eigenvalue weighted by Gasteiger charge is 2.15. The molecule has 2 heterocycles. The van der Waals surface area contributed by atoms with Crippen LogP contribution in [-0.4, -0.2) is 22.5 Å². The van der Waals surface area contributed by atoms with E-state index in [4.69, 9.17) is 14.9 Å². The molecule has 0 fully saturated rings. The number of carbonyl (C=O) groups excluding carboxylic acids is 1. The second kappa shape index (κ2) is 5.38. The number of nitrogen functional groups attached to an aromatic ring is 1. The third kappa shape index (κ3) is 3.01. The van der Waals surface area contributed by atoms with E-state index in [1.807, 2.05) is 6.92 Å². The van der Waals surface area contributed by atoms with Crippen molar-refractivity contribution in [1.82, 2.24) is 9.97 Å². The average Bonchev–Trinajstić information content (AvgIpc) is 2.80. The van der Waals surface area contributed by atoms with Gasteiger partial charge in [-0.2, -0.15) is 0 Å². The summed E-state index contributed by atoms with van der Waals surface area (Å²) in [5, 5.41) is 2.61. The number of nitrogens with two attached hydrogens (primary N) is 1. The van der Waals surface area contributed by atoms with E-state index >= 15 is 0 Å². The number of aromatic nitrogens is 2. The molecule has 1 amide bonds. The van der Waals surface area contributed by atoms with Crippen LogP contribution in [-0.2, 0) is 0 Å². The summed E-state index contributed by atoms with van der Waals surface area (Å²) in [6.45, 7) is 4.01. The first-order valence-electron chi connectivity index (χ1n) is 5.72. The number of hydrogen-bond acceptors (Lipinski definition) is 6. The fourth-order valence-corrected chi connectivity index (χ4v) is 1.45. The van der Waals surface area contributed by atoms with Crippen molar-refractivity contribution in [2.45, 2.75) is 13.8 Å². The largest absolute Gasteiger partial charge is 0.491 e. The van der Waals surface area contributed by atoms with Gasteiger partial charge in [0.2, 0.25) is 0 Å². The number of nitrogens with one attached hydrogen (secondary N) is 1. The molecule has 0 saturated carbocycles. The first-order valence-corrected chi connectivity index (χ1v) is 5.72. The number of carbonyl (C=O) groups is 1. The maximum atomic E-state index is 11.9. The van der Waals surface area contributed by atoms with Crippen molar-refractivity contribution in [2.24, 2.45) is 0 Å². The van der Waals surface area contributed by atoms with Crippen LogP contribution in [0.25, 0.3) is 0 Å². The molecule has 7 nitrogen and oxygen atoms in total. The van der Waals surface area contributed by atoms with Gasteiger partial charge in [0.25, 0.3) is 5.89 Å². The molecule has 100 valence electrons. The SMILES string of the molecule is CCOc1cc(N)ncc1NC(=O)c1nc(C)co1. The first-order chi connectivity index (χ1) is 9.10. The van der Waals surface area contributed by atoms with Gasteiger partial charge in [0.1, 0.15) is 23.5 Å². The van der Waals surface area contributed by atoms with Crippen LogP contribution in [0.5, 0.6) is 5.75 Å². The zero-order valence-corrected chi connectivity index (χ0v) is 10.6. The zero-order valence-electron chi connectivity index (χ0n) is 10.6. The van der Waals surface area contributed by atoms with Gasteiger partial charge in [-0.1, -0.05) is 0 Å². The maximum Gasteiger partial charge on any atom is 0.311 e. The summed E-state index contributed by atoms with van der Waals surface area (Å²) in [4.78, 5) is 19.7. The molecule has 0 unspecified atom stereocenters. The Hall–Kier alpha value is -2.57. The number of amides is 1. The van der Waals surface area contributed by atoms with Gasteiger partial charge in [-0.25, -0.2) is 9.97 Å². The molecule has 0 aromatic carbocycles. The van der Waals surface area contributed by atoms with Gasteiger partial charge in [-0.05, 0) is 13.8 Å². The molecule has 0 aliphatic carbocycles. The summed E-state index contributed by atoms with van der Waals surface area (Å²) in [5.74, 6) is 0.275. The minimum atomic E-state index is -0.472. The minimum Gasteiger partial charge on any atom is -0.491 e. The fourth-order valence-electron chi connectivity index (χ4n) is 1.45. The maximum absolute atomic E-state index is 11.9. The van der Waals surface area contributed by atoms with E-state index in [-0.39, 0.29) is 5.89 Å². The average molecular weight is 262 g/mol. The standard InChI is InChI=1S/C12H14N4O3/c1-3-18-9-4-10(13)14-5-8(9)16-11(17)12-15-7(2)6-19-12/h4-6H,3H2,1-2H3,(H2,13,14)(H,16,17). The van der Waals surface area contributed by atoms with E-state index in [9.17, 15) is 4.79 Å². The van der Waals surface area contributed by atoms with E-state index in [2.05, 4.69) is 15.3 Å². The summed E-state index contributed by atoms with van der Waals surface area (Å²) in [6.07, 6.45) is 2.83. The highest BCUT2D eigenvalue weighted by Crippen LogP contribution is 2.25. The molecule has 0 atom stereocenters. The smallest absolute Gasteiger partial charge is 0.311 e. The number of aryl methyl sites for hydroxylation is 1. The number of rotatable bonds is 4. The van der Waals surface area contributed by atoms with Crippen LogP contribution in [0.2, 0.25) is 0 Å². The lowest BCUT2D eigenvalue weighted by molar-refractivity contribution is 0.0989. The lowest BCUT2D eigenvalue weighted by Gasteiger charge is -2.10. The van der Waals surface area contributed by atoms with Crippen LogP contribution in [0.1, 0.15) is 23.3 Å². The summed E-state index contributed by atoms with van der Waals surface area (Å²) in [7, 11) is 0. The summed E-state index contributed by atoms with van der Waals surface area (Å²) >= 11 is 0. The van der Waals surface area contributed by atoms with Crippen molar-refractivity contribution in [2.75, 3.05) is 17.7 Å². The van der Waals surface area contributed by atoms with Gasteiger partial charge in [-0.15, -0.1) is 0 Å². The Balaban J connectivity index is 2.20. The lowest BCUT2D eigenvalue weighted by Crippen LogP contribution is -2.14. The number of anilines is 2. The highest BCUT2D eigenvalue weighted by atomic mass is 16.5. The second-order valence-corrected chi connectivity index (χ2v) is 3.79. The Morgan fingerprint density at radius 3 is 3.00 bits per heavy atom. The van der Waals surface area contributed by atoms with Gasteiger partial charge in [0.15, 0.2) is 0 Å². The molecule has 0 aliphatic rings. The monoisotopic (exact) mass is 262 g/mol. The first kappa shape index (κ1) is 12.9. The Morgan fingerprint density at radius 1 is 1.58 bits per heavy atom. The van der Waals surface area contributed by atoms with Crippen molar-refractivity contribution < 1.29 is 13.9 Å². The van der Waals surface area contributed by atoms with Crippen molar-refractivity contribution in [3.05, 3.63) is 30.1 Å². The van der Waals surface area contributed by atoms with Crippen LogP contribution in [0, 0.1) is 6.92 Å². The molecule has 0 spiro atoms. The van der Waals surface area contributed by atoms with Crippen molar-refractivity contribution >= 4 is 17.4 Å². The summed E-state index contributed by atoms with van der Waals surface area (Å²) in [6, 6.07) is 1.54. The molecular formula is C12H14N4O3. The predicted octanol–water partition coefficient (Wildman–Crippen LogP) is 1.61. The van der Waals surface area contributed by atoms with Crippen LogP contribution in [0.15, 0.2) is 22.9 Å². The van der Waals surface area contributed by atoms with Gasteiger partial charge in [-0.3, -0.25) is 4.79 Å². The normalized spacial score (nSPS) is 10.2. The second-order valence-electron chi connectivity index (χ2n) is 3.79. The number of nitrogens with zero attached hydrogens (tertiary/aromatic N) is 2.